The van der Waals surface area contributed by atoms with Crippen LogP contribution in [0, 0.1) is 27.2 Å². The van der Waals surface area contributed by atoms with E-state index < -0.39 is 27.1 Å². The zero-order valence-electron chi connectivity index (χ0n) is 9.13. The largest absolute Gasteiger partial charge is 0.475 e. The Kier molecular flexibility index (Phi) is 2.58. The molecule has 1 heterocycles. The summed E-state index contributed by atoms with van der Waals surface area (Å²) in [7, 11) is 0. The first-order valence-corrected chi connectivity index (χ1v) is 4.81. The maximum absolute atomic E-state index is 11.1. The minimum Gasteiger partial charge on any atom is -0.475 e. The average Bonchev–Trinajstić information content (AvgIpc) is 2.27. The highest BCUT2D eigenvalue weighted by molar-refractivity contribution is 5.97. The summed E-state index contributed by atoms with van der Waals surface area (Å²) in [6.07, 6.45) is 0. The van der Waals surface area contributed by atoms with Crippen molar-refractivity contribution in [1.82, 2.24) is 0 Å². The maximum Gasteiger partial charge on any atom is 0.322 e. The van der Waals surface area contributed by atoms with Crippen molar-refractivity contribution in [3.63, 3.8) is 0 Å². The molecular formula is C9H7N3O6. The molecule has 0 saturated heterocycles. The summed E-state index contributed by atoms with van der Waals surface area (Å²) in [5.41, 5.74) is -1.11. The van der Waals surface area contributed by atoms with Crippen LogP contribution >= 0.6 is 0 Å². The molecule has 1 N–H and O–H groups in total. The molecule has 1 aliphatic heterocycles. The fraction of sp³-hybridized carbons (Fsp3) is 0.222. The molecule has 9 heteroatoms. The minimum absolute atomic E-state index is 0.0600. The number of fused-ring (bicyclic) bond motifs is 1. The third-order valence-electron chi connectivity index (χ3n) is 2.48. The molecule has 94 valence electrons. The van der Waals surface area contributed by atoms with Gasteiger partial charge in [0.25, 0.3) is 11.6 Å². The molecule has 0 spiro atoms. The molecule has 0 radical (unpaired) electrons. The van der Waals surface area contributed by atoms with Crippen molar-refractivity contribution in [2.75, 3.05) is 11.9 Å². The van der Waals surface area contributed by atoms with Gasteiger partial charge in [-0.1, -0.05) is 0 Å². The van der Waals surface area contributed by atoms with Gasteiger partial charge < -0.3 is 10.1 Å². The predicted molar refractivity (Wildman–Crippen MR) is 58.6 cm³/mol. The molecule has 0 fully saturated rings. The van der Waals surface area contributed by atoms with E-state index in [4.69, 9.17) is 4.74 Å². The summed E-state index contributed by atoms with van der Waals surface area (Å²) in [5, 5.41) is 24.0. The van der Waals surface area contributed by atoms with E-state index in [2.05, 4.69) is 5.32 Å². The Bertz CT molecular complexity index is 582. The van der Waals surface area contributed by atoms with Crippen LogP contribution in [0.1, 0.15) is 5.56 Å². The van der Waals surface area contributed by atoms with E-state index in [1.54, 1.807) is 0 Å². The second kappa shape index (κ2) is 3.95. The lowest BCUT2D eigenvalue weighted by Gasteiger charge is -2.18. The van der Waals surface area contributed by atoms with Gasteiger partial charge in [-0.15, -0.1) is 0 Å². The third-order valence-corrected chi connectivity index (χ3v) is 2.48. The molecule has 2 rings (SSSR count). The Labute approximate surface area is 99.7 Å². The third kappa shape index (κ3) is 1.71. The molecule has 1 aromatic carbocycles. The monoisotopic (exact) mass is 253 g/mol. The van der Waals surface area contributed by atoms with E-state index in [1.165, 1.54) is 6.92 Å². The summed E-state index contributed by atoms with van der Waals surface area (Å²) in [4.78, 5) is 31.3. The maximum atomic E-state index is 11.1. The van der Waals surface area contributed by atoms with Crippen LogP contribution < -0.4 is 10.1 Å². The normalized spacial score (nSPS) is 13.3. The van der Waals surface area contributed by atoms with E-state index in [0.29, 0.717) is 0 Å². The molecular weight excluding hydrogens is 246 g/mol. The molecule has 9 nitrogen and oxygen atoms in total. The number of carbonyl (C=O) groups is 1. The lowest BCUT2D eigenvalue weighted by molar-refractivity contribution is -0.395. The van der Waals surface area contributed by atoms with Crippen molar-refractivity contribution in [1.29, 1.82) is 0 Å². The highest BCUT2D eigenvalue weighted by Gasteiger charge is 2.33. The summed E-state index contributed by atoms with van der Waals surface area (Å²) in [6, 6.07) is 1.05. The number of rotatable bonds is 2. The number of nitrogens with zero attached hydrogens (tertiary/aromatic N) is 2. The van der Waals surface area contributed by atoms with Crippen molar-refractivity contribution < 1.29 is 19.4 Å². The lowest BCUT2D eigenvalue weighted by atomic mass is 10.1. The summed E-state index contributed by atoms with van der Waals surface area (Å²) < 4.78 is 4.97. The molecule has 0 aromatic heterocycles. The Morgan fingerprint density at radius 2 is 2.00 bits per heavy atom. The predicted octanol–water partition coefficient (Wildman–Crippen LogP) is 1.14. The minimum atomic E-state index is -0.765. The van der Waals surface area contributed by atoms with Gasteiger partial charge in [-0.05, 0) is 6.92 Å². The zero-order valence-corrected chi connectivity index (χ0v) is 9.13. The Hall–Kier alpha value is -2.71. The van der Waals surface area contributed by atoms with E-state index in [0.717, 1.165) is 6.07 Å². The van der Waals surface area contributed by atoms with Crippen molar-refractivity contribution in [3.8, 4) is 5.75 Å². The van der Waals surface area contributed by atoms with Gasteiger partial charge in [-0.25, -0.2) is 0 Å². The standard InChI is InChI=1S/C9H7N3O6/c1-4-6(11(14)15)2-5-9(8(4)12(16)17)18-3-7(13)10-5/h2H,3H2,1H3,(H,10,13). The van der Waals surface area contributed by atoms with E-state index in [9.17, 15) is 25.0 Å². The Morgan fingerprint density at radius 1 is 1.33 bits per heavy atom. The highest BCUT2D eigenvalue weighted by Crippen LogP contribution is 2.43. The average molecular weight is 253 g/mol. The number of nitrogens with one attached hydrogen (secondary N) is 1. The quantitative estimate of drug-likeness (QED) is 0.622. The molecule has 18 heavy (non-hydrogen) atoms. The molecule has 0 saturated carbocycles. The topological polar surface area (TPSA) is 125 Å². The first-order chi connectivity index (χ1) is 8.41. The highest BCUT2D eigenvalue weighted by atomic mass is 16.6. The number of amides is 1. The molecule has 0 unspecified atom stereocenters. The number of hydrogen-bond donors (Lipinski definition) is 1. The molecule has 0 bridgehead atoms. The Balaban J connectivity index is 2.74. The van der Waals surface area contributed by atoms with Gasteiger partial charge in [0.2, 0.25) is 5.75 Å². The van der Waals surface area contributed by atoms with Crippen molar-refractivity contribution in [2.24, 2.45) is 0 Å². The van der Waals surface area contributed by atoms with Crippen LogP contribution in [-0.4, -0.2) is 22.4 Å². The molecule has 0 atom stereocenters. The van der Waals surface area contributed by atoms with Gasteiger partial charge in [-0.3, -0.25) is 25.0 Å². The smallest absolute Gasteiger partial charge is 0.322 e. The van der Waals surface area contributed by atoms with Gasteiger partial charge in [0.05, 0.1) is 15.5 Å². The molecule has 1 aliphatic rings. The van der Waals surface area contributed by atoms with Gasteiger partial charge in [-0.2, -0.15) is 0 Å². The van der Waals surface area contributed by atoms with Gasteiger partial charge in [0.15, 0.2) is 6.61 Å². The second-order valence-corrected chi connectivity index (χ2v) is 3.60. The molecule has 1 amide bonds. The molecule has 0 aliphatic carbocycles. The van der Waals surface area contributed by atoms with Gasteiger partial charge in [0.1, 0.15) is 5.56 Å². The number of nitro groups is 2. The summed E-state index contributed by atoms with van der Waals surface area (Å²) >= 11 is 0. The zero-order chi connectivity index (χ0) is 13.4. The van der Waals surface area contributed by atoms with Crippen LogP contribution in [-0.2, 0) is 4.79 Å². The fourth-order valence-electron chi connectivity index (χ4n) is 1.70. The van der Waals surface area contributed by atoms with E-state index in [1.807, 2.05) is 0 Å². The number of hydrogen-bond acceptors (Lipinski definition) is 6. The van der Waals surface area contributed by atoms with Gasteiger partial charge in [0, 0.05) is 6.07 Å². The number of nitro benzene ring substituents is 2. The van der Waals surface area contributed by atoms with Gasteiger partial charge >= 0.3 is 5.69 Å². The lowest BCUT2D eigenvalue weighted by Crippen LogP contribution is -2.26. The SMILES string of the molecule is Cc1c([N+](=O)[O-])cc2c(c1[N+](=O)[O-])OCC(=O)N2. The van der Waals surface area contributed by atoms with Crippen LogP contribution in [0.3, 0.4) is 0 Å². The first kappa shape index (κ1) is 11.8. The van der Waals surface area contributed by atoms with Crippen LogP contribution in [0.25, 0.3) is 0 Å². The summed E-state index contributed by atoms with van der Waals surface area (Å²) in [6.45, 7) is 0.904. The van der Waals surface area contributed by atoms with Crippen LogP contribution in [0.5, 0.6) is 5.75 Å². The second-order valence-electron chi connectivity index (χ2n) is 3.60. The van der Waals surface area contributed by atoms with Crippen molar-refractivity contribution >= 4 is 23.0 Å². The first-order valence-electron chi connectivity index (χ1n) is 4.81. The van der Waals surface area contributed by atoms with Crippen LogP contribution in [0.15, 0.2) is 6.07 Å². The van der Waals surface area contributed by atoms with Crippen molar-refractivity contribution in [2.45, 2.75) is 6.92 Å². The van der Waals surface area contributed by atoms with E-state index in [-0.39, 0.29) is 23.6 Å². The Morgan fingerprint density at radius 3 is 2.56 bits per heavy atom. The number of carbonyl (C=O) groups excluding carboxylic acids is 1. The number of ether oxygens (including phenoxy) is 1. The van der Waals surface area contributed by atoms with Crippen molar-refractivity contribution in [3.05, 3.63) is 31.9 Å². The fourth-order valence-corrected chi connectivity index (χ4v) is 1.70. The number of anilines is 1. The van der Waals surface area contributed by atoms with E-state index >= 15 is 0 Å². The number of benzene rings is 1. The summed E-state index contributed by atoms with van der Waals surface area (Å²) in [5.74, 6) is -0.669. The van der Waals surface area contributed by atoms with Crippen LogP contribution in [0.4, 0.5) is 17.1 Å². The molecule has 1 aromatic rings. The van der Waals surface area contributed by atoms with Crippen LogP contribution in [0.2, 0.25) is 0 Å².